The van der Waals surface area contributed by atoms with E-state index in [-0.39, 0.29) is 11.9 Å². The molecule has 2 unspecified atom stereocenters. The minimum absolute atomic E-state index is 0.144. The first-order chi connectivity index (χ1) is 6.16. The molecule has 13 heavy (non-hydrogen) atoms. The Morgan fingerprint density at radius 3 is 2.54 bits per heavy atom. The zero-order valence-corrected chi connectivity index (χ0v) is 7.76. The van der Waals surface area contributed by atoms with E-state index in [0.29, 0.717) is 5.92 Å². The maximum atomic E-state index is 13.0. The van der Waals surface area contributed by atoms with E-state index in [9.17, 15) is 4.39 Å². The quantitative estimate of drug-likeness (QED) is 0.703. The zero-order chi connectivity index (χ0) is 9.42. The Bertz CT molecular complexity index is 302. The van der Waals surface area contributed by atoms with Gasteiger partial charge in [-0.3, -0.25) is 0 Å². The van der Waals surface area contributed by atoms with Crippen molar-refractivity contribution >= 4 is 0 Å². The van der Waals surface area contributed by atoms with Crippen LogP contribution < -0.4 is 5.73 Å². The minimum Gasteiger partial charge on any atom is -0.327 e. The molecule has 1 nitrogen and oxygen atoms in total. The van der Waals surface area contributed by atoms with Gasteiger partial charge >= 0.3 is 0 Å². The molecule has 1 aromatic rings. The average molecular weight is 179 g/mol. The van der Waals surface area contributed by atoms with E-state index in [0.717, 1.165) is 24.0 Å². The summed E-state index contributed by atoms with van der Waals surface area (Å²) in [5.41, 5.74) is 7.88. The normalized spacial score (nSPS) is 27.0. The van der Waals surface area contributed by atoms with Gasteiger partial charge in [-0.1, -0.05) is 6.07 Å². The summed E-state index contributed by atoms with van der Waals surface area (Å²) in [5.74, 6) is 0.239. The fraction of sp³-hybridized carbons (Fsp3) is 0.455. The maximum absolute atomic E-state index is 13.0. The van der Waals surface area contributed by atoms with Gasteiger partial charge in [-0.15, -0.1) is 0 Å². The predicted octanol–water partition coefficient (Wildman–Crippen LogP) is 2.34. The molecule has 0 spiro atoms. The summed E-state index contributed by atoms with van der Waals surface area (Å²) in [6, 6.07) is 5.43. The Morgan fingerprint density at radius 2 is 2.08 bits per heavy atom. The highest BCUT2D eigenvalue weighted by Gasteiger charge is 2.28. The van der Waals surface area contributed by atoms with Crippen molar-refractivity contribution in [2.45, 2.75) is 31.7 Å². The third kappa shape index (κ3) is 1.59. The fourth-order valence-electron chi connectivity index (χ4n) is 1.92. The molecule has 1 aromatic carbocycles. The van der Waals surface area contributed by atoms with Crippen LogP contribution in [0.4, 0.5) is 4.39 Å². The molecule has 2 rings (SSSR count). The van der Waals surface area contributed by atoms with E-state index in [1.54, 1.807) is 12.1 Å². The summed E-state index contributed by atoms with van der Waals surface area (Å²) >= 11 is 0. The molecule has 2 N–H and O–H groups in total. The molecule has 1 aliphatic rings. The third-order valence-corrected chi connectivity index (χ3v) is 2.82. The Labute approximate surface area is 77.8 Å². The van der Waals surface area contributed by atoms with Crippen molar-refractivity contribution in [1.82, 2.24) is 0 Å². The highest BCUT2D eigenvalue weighted by molar-refractivity contribution is 5.29. The molecule has 0 aromatic heterocycles. The maximum Gasteiger partial charge on any atom is 0.123 e. The minimum atomic E-state index is -0.144. The number of hydrogen-bond acceptors (Lipinski definition) is 1. The standard InChI is InChI=1S/C11H14FN/c1-7-4-8(6-9(12)5-7)10-2-3-11(10)13/h4-6,10-11H,2-3,13H2,1H3. The monoisotopic (exact) mass is 179 g/mol. The van der Waals surface area contributed by atoms with Crippen LogP contribution in [0, 0.1) is 12.7 Å². The highest BCUT2D eigenvalue weighted by Crippen LogP contribution is 2.35. The molecule has 1 fully saturated rings. The molecule has 0 amide bonds. The van der Waals surface area contributed by atoms with E-state index < -0.39 is 0 Å². The topological polar surface area (TPSA) is 26.0 Å². The zero-order valence-electron chi connectivity index (χ0n) is 7.76. The van der Waals surface area contributed by atoms with E-state index in [4.69, 9.17) is 5.73 Å². The van der Waals surface area contributed by atoms with Crippen molar-refractivity contribution in [1.29, 1.82) is 0 Å². The van der Waals surface area contributed by atoms with Crippen molar-refractivity contribution < 1.29 is 4.39 Å². The number of hydrogen-bond donors (Lipinski definition) is 1. The predicted molar refractivity (Wildman–Crippen MR) is 51.1 cm³/mol. The molecule has 2 atom stereocenters. The molecule has 0 radical (unpaired) electrons. The van der Waals surface area contributed by atoms with Crippen LogP contribution in [0.3, 0.4) is 0 Å². The Hall–Kier alpha value is -0.890. The average Bonchev–Trinajstić information content (AvgIpc) is 1.99. The molecule has 0 aliphatic heterocycles. The molecule has 0 bridgehead atoms. The number of rotatable bonds is 1. The van der Waals surface area contributed by atoms with Crippen LogP contribution in [0.1, 0.15) is 29.9 Å². The van der Waals surface area contributed by atoms with Gasteiger partial charge in [0.15, 0.2) is 0 Å². The summed E-state index contributed by atoms with van der Waals surface area (Å²) in [6.45, 7) is 1.91. The lowest BCUT2D eigenvalue weighted by atomic mass is 9.75. The number of benzene rings is 1. The van der Waals surface area contributed by atoms with Gasteiger partial charge in [-0.25, -0.2) is 4.39 Å². The van der Waals surface area contributed by atoms with E-state index in [1.165, 1.54) is 0 Å². The number of halogens is 1. The van der Waals surface area contributed by atoms with Crippen molar-refractivity contribution in [3.8, 4) is 0 Å². The van der Waals surface area contributed by atoms with E-state index in [1.807, 2.05) is 13.0 Å². The van der Waals surface area contributed by atoms with Gasteiger partial charge in [0, 0.05) is 6.04 Å². The van der Waals surface area contributed by atoms with Crippen molar-refractivity contribution in [2.24, 2.45) is 5.73 Å². The lowest BCUT2D eigenvalue weighted by molar-refractivity contribution is 0.345. The van der Waals surface area contributed by atoms with Gasteiger partial charge in [0.1, 0.15) is 5.82 Å². The summed E-state index contributed by atoms with van der Waals surface area (Å²) in [5, 5.41) is 0. The molecule has 1 aliphatic carbocycles. The fourth-order valence-corrected chi connectivity index (χ4v) is 1.92. The van der Waals surface area contributed by atoms with Crippen LogP contribution in [0.15, 0.2) is 18.2 Å². The van der Waals surface area contributed by atoms with E-state index >= 15 is 0 Å². The second kappa shape index (κ2) is 3.11. The Balaban J connectivity index is 2.29. The van der Waals surface area contributed by atoms with E-state index in [2.05, 4.69) is 0 Å². The molecular weight excluding hydrogens is 165 g/mol. The van der Waals surface area contributed by atoms with Crippen molar-refractivity contribution in [3.63, 3.8) is 0 Å². The molecular formula is C11H14FN. The largest absolute Gasteiger partial charge is 0.327 e. The van der Waals surface area contributed by atoms with Gasteiger partial charge in [-0.2, -0.15) is 0 Å². The summed E-state index contributed by atoms with van der Waals surface area (Å²) in [7, 11) is 0. The number of aryl methyl sites for hydroxylation is 1. The van der Waals surface area contributed by atoms with Crippen LogP contribution in [0.2, 0.25) is 0 Å². The summed E-state index contributed by atoms with van der Waals surface area (Å²) in [4.78, 5) is 0. The van der Waals surface area contributed by atoms with Gasteiger partial charge in [-0.05, 0) is 48.9 Å². The van der Waals surface area contributed by atoms with Crippen LogP contribution in [-0.2, 0) is 0 Å². The first-order valence-corrected chi connectivity index (χ1v) is 4.69. The van der Waals surface area contributed by atoms with Crippen LogP contribution in [0.25, 0.3) is 0 Å². The van der Waals surface area contributed by atoms with Gasteiger partial charge in [0.05, 0.1) is 0 Å². The SMILES string of the molecule is Cc1cc(F)cc(C2CCC2N)c1. The van der Waals surface area contributed by atoms with Crippen LogP contribution >= 0.6 is 0 Å². The Morgan fingerprint density at radius 1 is 1.31 bits per heavy atom. The molecule has 1 saturated carbocycles. The molecule has 0 saturated heterocycles. The highest BCUT2D eigenvalue weighted by atomic mass is 19.1. The second-order valence-corrected chi connectivity index (χ2v) is 3.91. The molecule has 70 valence electrons. The third-order valence-electron chi connectivity index (χ3n) is 2.82. The van der Waals surface area contributed by atoms with Crippen molar-refractivity contribution in [3.05, 3.63) is 35.1 Å². The van der Waals surface area contributed by atoms with Crippen molar-refractivity contribution in [2.75, 3.05) is 0 Å². The summed E-state index contributed by atoms with van der Waals surface area (Å²) in [6.07, 6.45) is 2.17. The number of nitrogens with two attached hydrogens (primary N) is 1. The van der Waals surface area contributed by atoms with Crippen LogP contribution in [-0.4, -0.2) is 6.04 Å². The van der Waals surface area contributed by atoms with Crippen LogP contribution in [0.5, 0.6) is 0 Å². The first-order valence-electron chi connectivity index (χ1n) is 4.69. The molecule has 0 heterocycles. The summed E-state index contributed by atoms with van der Waals surface area (Å²) < 4.78 is 13.0. The second-order valence-electron chi connectivity index (χ2n) is 3.91. The lowest BCUT2D eigenvalue weighted by Crippen LogP contribution is -2.37. The Kier molecular flexibility index (Phi) is 2.08. The van der Waals surface area contributed by atoms with Gasteiger partial charge in [0.25, 0.3) is 0 Å². The van der Waals surface area contributed by atoms with Gasteiger partial charge < -0.3 is 5.73 Å². The van der Waals surface area contributed by atoms with Gasteiger partial charge in [0.2, 0.25) is 0 Å². The first kappa shape index (κ1) is 8.70. The smallest absolute Gasteiger partial charge is 0.123 e. The lowest BCUT2D eigenvalue weighted by Gasteiger charge is -2.34. The molecule has 2 heteroatoms.